The number of amides is 2. The predicted octanol–water partition coefficient (Wildman–Crippen LogP) is 1.88. The van der Waals surface area contributed by atoms with Crippen molar-refractivity contribution >= 4 is 33.9 Å². The number of carbonyl (C=O) groups is 3. The minimum Gasteiger partial charge on any atom is -0.480 e. The maximum Gasteiger partial charge on any atom is 0.407 e. The normalized spacial score (nSPS) is 11.3. The van der Waals surface area contributed by atoms with E-state index in [0.717, 1.165) is 5.56 Å². The van der Waals surface area contributed by atoms with Crippen LogP contribution in [-0.2, 0) is 27.4 Å². The van der Waals surface area contributed by atoms with Gasteiger partial charge in [-0.05, 0) is 33.1 Å². The van der Waals surface area contributed by atoms with Gasteiger partial charge in [0.1, 0.15) is 23.8 Å². The fourth-order valence-electron chi connectivity index (χ4n) is 2.16. The van der Waals surface area contributed by atoms with E-state index in [1.54, 1.807) is 30.5 Å². The monoisotopic (exact) mass is 435 g/mol. The van der Waals surface area contributed by atoms with Crippen LogP contribution < -0.4 is 10.6 Å². The molecule has 0 radical (unpaired) electrons. The van der Waals surface area contributed by atoms with Gasteiger partial charge in [-0.25, -0.2) is 14.6 Å². The first-order valence-electron chi connectivity index (χ1n) is 8.02. The highest BCUT2D eigenvalue weighted by molar-refractivity contribution is 9.10. The topological polar surface area (TPSA) is 118 Å². The summed E-state index contributed by atoms with van der Waals surface area (Å²) in [5.74, 6) is -1.83. The zero-order valence-corrected chi connectivity index (χ0v) is 15.8. The van der Waals surface area contributed by atoms with Crippen molar-refractivity contribution in [1.29, 1.82) is 0 Å². The van der Waals surface area contributed by atoms with Gasteiger partial charge in [0.2, 0.25) is 5.91 Å². The number of benzene rings is 1. The first kappa shape index (κ1) is 20.4. The molecule has 0 bridgehead atoms. The van der Waals surface area contributed by atoms with Crippen molar-refractivity contribution in [2.45, 2.75) is 19.1 Å². The molecule has 0 aliphatic carbocycles. The number of hydrogen-bond donors (Lipinski definition) is 3. The summed E-state index contributed by atoms with van der Waals surface area (Å²) in [6.07, 6.45) is 0.844. The van der Waals surface area contributed by atoms with Crippen LogP contribution in [0.5, 0.6) is 0 Å². The molecule has 2 amide bonds. The summed E-state index contributed by atoms with van der Waals surface area (Å²) in [6.45, 7) is -0.327. The number of nitrogens with one attached hydrogen (secondary N) is 2. The van der Waals surface area contributed by atoms with Crippen LogP contribution in [0.1, 0.15) is 11.1 Å². The van der Waals surface area contributed by atoms with Crippen molar-refractivity contribution in [2.75, 3.05) is 6.54 Å². The SMILES string of the molecule is O=C(CNC(=O)OCc1ccccc1)N[C@H](Cc1cccnc1Br)C(=O)O. The summed E-state index contributed by atoms with van der Waals surface area (Å²) in [4.78, 5) is 39.0. The van der Waals surface area contributed by atoms with E-state index in [1.165, 1.54) is 0 Å². The Morgan fingerprint density at radius 3 is 2.56 bits per heavy atom. The van der Waals surface area contributed by atoms with Crippen LogP contribution in [0.4, 0.5) is 4.79 Å². The quantitative estimate of drug-likeness (QED) is 0.544. The maximum absolute atomic E-state index is 11.9. The number of nitrogens with zero attached hydrogens (tertiary/aromatic N) is 1. The zero-order chi connectivity index (χ0) is 19.6. The molecule has 0 spiro atoms. The Hall–Kier alpha value is -2.94. The van der Waals surface area contributed by atoms with Crippen LogP contribution in [0.15, 0.2) is 53.3 Å². The molecule has 1 heterocycles. The van der Waals surface area contributed by atoms with Crippen LogP contribution >= 0.6 is 15.9 Å². The van der Waals surface area contributed by atoms with Crippen molar-refractivity contribution in [3.63, 3.8) is 0 Å². The third kappa shape index (κ3) is 7.06. The van der Waals surface area contributed by atoms with Gasteiger partial charge in [0.25, 0.3) is 0 Å². The van der Waals surface area contributed by atoms with Gasteiger partial charge in [-0.2, -0.15) is 0 Å². The Kier molecular flexibility index (Phi) is 7.75. The number of aliphatic carboxylic acids is 1. The summed E-state index contributed by atoms with van der Waals surface area (Å²) in [6, 6.07) is 11.3. The Morgan fingerprint density at radius 1 is 1.15 bits per heavy atom. The highest BCUT2D eigenvalue weighted by Crippen LogP contribution is 2.14. The number of hydrogen-bond acceptors (Lipinski definition) is 5. The average molecular weight is 436 g/mol. The lowest BCUT2D eigenvalue weighted by molar-refractivity contribution is -0.141. The van der Waals surface area contributed by atoms with Crippen LogP contribution in [-0.4, -0.2) is 40.6 Å². The molecule has 0 aliphatic heterocycles. The van der Waals surface area contributed by atoms with Gasteiger partial charge >= 0.3 is 12.1 Å². The predicted molar refractivity (Wildman–Crippen MR) is 99.8 cm³/mol. The van der Waals surface area contributed by atoms with E-state index in [4.69, 9.17) is 4.74 Å². The summed E-state index contributed by atoms with van der Waals surface area (Å²) < 4.78 is 5.49. The van der Waals surface area contributed by atoms with Gasteiger partial charge < -0.3 is 20.5 Å². The molecule has 1 aromatic carbocycles. The van der Waals surface area contributed by atoms with Gasteiger partial charge in [-0.15, -0.1) is 0 Å². The van der Waals surface area contributed by atoms with Gasteiger partial charge in [-0.1, -0.05) is 36.4 Å². The van der Waals surface area contributed by atoms with Gasteiger partial charge in [0, 0.05) is 12.6 Å². The Balaban J connectivity index is 1.79. The Bertz CT molecular complexity index is 801. The second-order valence-electron chi connectivity index (χ2n) is 5.53. The number of carbonyl (C=O) groups excluding carboxylic acids is 2. The number of halogens is 1. The van der Waals surface area contributed by atoms with E-state index in [-0.39, 0.29) is 13.0 Å². The summed E-state index contributed by atoms with van der Waals surface area (Å²) >= 11 is 3.24. The standard InChI is InChI=1S/C18H18BrN3O5/c19-16-13(7-4-8-20-16)9-14(17(24)25)22-15(23)10-21-18(26)27-11-12-5-2-1-3-6-12/h1-8,14H,9-11H2,(H,21,26)(H,22,23)(H,24,25)/t14-/m1/s1. The highest BCUT2D eigenvalue weighted by atomic mass is 79.9. The van der Waals surface area contributed by atoms with E-state index >= 15 is 0 Å². The number of ether oxygens (including phenoxy) is 1. The molecule has 0 saturated carbocycles. The van der Waals surface area contributed by atoms with Gasteiger partial charge in [0.15, 0.2) is 0 Å². The number of rotatable bonds is 8. The van der Waals surface area contributed by atoms with Crippen molar-refractivity contribution in [1.82, 2.24) is 15.6 Å². The number of carboxylic acid groups (broad SMARTS) is 1. The first-order valence-corrected chi connectivity index (χ1v) is 8.81. The average Bonchev–Trinajstić information content (AvgIpc) is 2.66. The maximum atomic E-state index is 11.9. The number of alkyl carbamates (subject to hydrolysis) is 1. The molecule has 3 N–H and O–H groups in total. The van der Waals surface area contributed by atoms with E-state index in [0.29, 0.717) is 10.2 Å². The van der Waals surface area contributed by atoms with Crippen molar-refractivity contribution in [2.24, 2.45) is 0 Å². The second kappa shape index (κ2) is 10.3. The number of aromatic nitrogens is 1. The van der Waals surface area contributed by atoms with Gasteiger partial charge in [-0.3, -0.25) is 4.79 Å². The molecule has 2 aromatic rings. The lowest BCUT2D eigenvalue weighted by atomic mass is 10.1. The molecule has 0 unspecified atom stereocenters. The molecule has 9 heteroatoms. The van der Waals surface area contributed by atoms with Crippen molar-refractivity contribution in [3.05, 3.63) is 64.4 Å². The highest BCUT2D eigenvalue weighted by Gasteiger charge is 2.22. The van der Waals surface area contributed by atoms with Crippen LogP contribution in [0.2, 0.25) is 0 Å². The minimum atomic E-state index is -1.19. The second-order valence-corrected chi connectivity index (χ2v) is 6.28. The van der Waals surface area contributed by atoms with Crippen LogP contribution in [0.25, 0.3) is 0 Å². The molecule has 27 heavy (non-hydrogen) atoms. The summed E-state index contributed by atoms with van der Waals surface area (Å²) in [7, 11) is 0. The van der Waals surface area contributed by atoms with Crippen LogP contribution in [0.3, 0.4) is 0 Å². The Labute approximate surface area is 164 Å². The van der Waals surface area contributed by atoms with E-state index < -0.39 is 30.6 Å². The van der Waals surface area contributed by atoms with E-state index in [1.807, 2.05) is 18.2 Å². The third-order valence-electron chi connectivity index (χ3n) is 3.50. The lowest BCUT2D eigenvalue weighted by Crippen LogP contribution is -2.46. The fraction of sp³-hybridized carbons (Fsp3) is 0.222. The van der Waals surface area contributed by atoms with Crippen molar-refractivity contribution in [3.8, 4) is 0 Å². The molecule has 0 saturated heterocycles. The number of carboxylic acids is 1. The number of pyridine rings is 1. The molecule has 0 aliphatic rings. The minimum absolute atomic E-state index is 0.0496. The smallest absolute Gasteiger partial charge is 0.407 e. The van der Waals surface area contributed by atoms with Gasteiger partial charge in [0.05, 0.1) is 0 Å². The molecular weight excluding hydrogens is 418 g/mol. The summed E-state index contributed by atoms with van der Waals surface area (Å²) in [5, 5.41) is 13.9. The molecule has 8 nitrogen and oxygen atoms in total. The molecule has 0 fully saturated rings. The molecule has 2 rings (SSSR count). The zero-order valence-electron chi connectivity index (χ0n) is 14.2. The molecule has 142 valence electrons. The molecular formula is C18H18BrN3O5. The van der Waals surface area contributed by atoms with Crippen molar-refractivity contribution < 1.29 is 24.2 Å². The molecule has 1 atom stereocenters. The van der Waals surface area contributed by atoms with E-state index in [2.05, 4.69) is 31.5 Å². The fourth-order valence-corrected chi connectivity index (χ4v) is 2.58. The lowest BCUT2D eigenvalue weighted by Gasteiger charge is -2.15. The van der Waals surface area contributed by atoms with Crippen LogP contribution in [0, 0.1) is 0 Å². The Morgan fingerprint density at radius 2 is 1.89 bits per heavy atom. The molecule has 1 aromatic heterocycles. The first-order chi connectivity index (χ1) is 13.0. The summed E-state index contributed by atoms with van der Waals surface area (Å²) in [5.41, 5.74) is 1.45. The third-order valence-corrected chi connectivity index (χ3v) is 4.21. The van der Waals surface area contributed by atoms with E-state index in [9.17, 15) is 19.5 Å². The largest absolute Gasteiger partial charge is 0.480 e.